The maximum absolute atomic E-state index is 12.9. The van der Waals surface area contributed by atoms with Crippen molar-refractivity contribution >= 4 is 32.3 Å². The number of hydrogen-bond acceptors (Lipinski definition) is 2. The number of allylic oxidation sites excluding steroid dienone is 2. The molecule has 4 rings (SSSR count). The molecule has 0 saturated heterocycles. The van der Waals surface area contributed by atoms with Gasteiger partial charge in [-0.25, -0.2) is 0 Å². The van der Waals surface area contributed by atoms with Gasteiger partial charge >= 0.3 is 0 Å². The van der Waals surface area contributed by atoms with E-state index in [1.165, 1.54) is 135 Å². The second-order valence-corrected chi connectivity index (χ2v) is 18.3. The Morgan fingerprint density at radius 1 is 0.761 bits per heavy atom. The van der Waals surface area contributed by atoms with Gasteiger partial charge in [-0.2, -0.15) is 0 Å². The van der Waals surface area contributed by atoms with E-state index in [2.05, 4.69) is 45.2 Å². The SMILES string of the molecule is CCCCCCCC/C=C\CCCCCCCC(=O)NC1CCC2(C)C(CCC3C2CCC2(C)C3CCC2[C@H](C)CCC(=O)I)C1. The molecule has 4 aliphatic carbocycles. The number of carbonyl (C=O) groups excluding carboxylic acids is 2. The first-order chi connectivity index (χ1) is 22.2. The minimum absolute atomic E-state index is 0.309. The average molecular weight is 750 g/mol. The van der Waals surface area contributed by atoms with E-state index in [0.29, 0.717) is 38.9 Å². The van der Waals surface area contributed by atoms with Gasteiger partial charge in [-0.1, -0.05) is 91.2 Å². The number of rotatable bonds is 20. The van der Waals surface area contributed by atoms with Gasteiger partial charge in [0, 0.05) is 18.9 Å². The monoisotopic (exact) mass is 749 g/mol. The van der Waals surface area contributed by atoms with Crippen molar-refractivity contribution in [2.24, 2.45) is 46.3 Å². The summed E-state index contributed by atoms with van der Waals surface area (Å²) in [5, 5.41) is 3.50. The summed E-state index contributed by atoms with van der Waals surface area (Å²) >= 11 is 1.99. The average Bonchev–Trinajstić information content (AvgIpc) is 3.39. The number of nitrogens with one attached hydrogen (secondary N) is 1. The van der Waals surface area contributed by atoms with Crippen molar-refractivity contribution in [3.05, 3.63) is 12.2 Å². The fraction of sp³-hybridized carbons (Fsp3) is 0.905. The summed E-state index contributed by atoms with van der Waals surface area (Å²) in [5.41, 5.74) is 0.944. The Balaban J connectivity index is 1.10. The molecule has 0 spiro atoms. The van der Waals surface area contributed by atoms with Crippen LogP contribution in [0.3, 0.4) is 0 Å². The zero-order valence-electron chi connectivity index (χ0n) is 30.6. The molecule has 1 amide bonds. The fourth-order valence-electron chi connectivity index (χ4n) is 11.6. The number of fused-ring (bicyclic) bond motifs is 5. The van der Waals surface area contributed by atoms with Gasteiger partial charge in [-0.05, 0) is 165 Å². The topological polar surface area (TPSA) is 46.2 Å². The second kappa shape index (κ2) is 19.1. The predicted molar refractivity (Wildman–Crippen MR) is 204 cm³/mol. The molecule has 46 heavy (non-hydrogen) atoms. The largest absolute Gasteiger partial charge is 0.353 e. The van der Waals surface area contributed by atoms with E-state index in [-0.39, 0.29) is 0 Å². The van der Waals surface area contributed by atoms with Crippen molar-refractivity contribution in [3.8, 4) is 0 Å². The van der Waals surface area contributed by atoms with Crippen LogP contribution in [0, 0.1) is 46.3 Å². The fourth-order valence-corrected chi connectivity index (χ4v) is 11.9. The molecule has 0 aromatic carbocycles. The van der Waals surface area contributed by atoms with Crippen LogP contribution in [0.4, 0.5) is 0 Å². The van der Waals surface area contributed by atoms with Crippen LogP contribution in [0.25, 0.3) is 0 Å². The highest BCUT2D eigenvalue weighted by atomic mass is 127. The highest BCUT2D eigenvalue weighted by molar-refractivity contribution is 14.1. The zero-order valence-corrected chi connectivity index (χ0v) is 32.7. The summed E-state index contributed by atoms with van der Waals surface area (Å²) in [5.74, 6) is 5.22. The molecule has 8 unspecified atom stereocenters. The first kappa shape index (κ1) is 38.4. The van der Waals surface area contributed by atoms with Crippen LogP contribution < -0.4 is 5.32 Å². The summed E-state index contributed by atoms with van der Waals surface area (Å²) in [4.78, 5) is 24.6. The normalized spacial score (nSPS) is 34.5. The molecule has 264 valence electrons. The molecule has 4 heteroatoms. The molecule has 4 aliphatic rings. The molecule has 0 radical (unpaired) electrons. The first-order valence-corrected chi connectivity index (χ1v) is 21.4. The first-order valence-electron chi connectivity index (χ1n) is 20.3. The van der Waals surface area contributed by atoms with Crippen LogP contribution in [0.1, 0.15) is 188 Å². The van der Waals surface area contributed by atoms with Crippen molar-refractivity contribution in [2.45, 2.75) is 194 Å². The van der Waals surface area contributed by atoms with Gasteiger partial charge in [-0.3, -0.25) is 9.59 Å². The molecule has 0 aromatic rings. The summed E-state index contributed by atoms with van der Waals surface area (Å²) in [6.45, 7) is 10.0. The van der Waals surface area contributed by atoms with E-state index >= 15 is 0 Å². The minimum Gasteiger partial charge on any atom is -0.353 e. The summed E-state index contributed by atoms with van der Waals surface area (Å²) < 4.78 is 0.328. The van der Waals surface area contributed by atoms with Crippen LogP contribution in [0.5, 0.6) is 0 Å². The quantitative estimate of drug-likeness (QED) is 0.0583. The van der Waals surface area contributed by atoms with Gasteiger partial charge in [0.05, 0.1) is 0 Å². The molecule has 0 bridgehead atoms. The van der Waals surface area contributed by atoms with Gasteiger partial charge in [0.25, 0.3) is 0 Å². The van der Waals surface area contributed by atoms with Crippen molar-refractivity contribution < 1.29 is 9.59 Å². The van der Waals surface area contributed by atoms with Crippen molar-refractivity contribution in [1.29, 1.82) is 0 Å². The molecular formula is C42H72INO2. The van der Waals surface area contributed by atoms with E-state index < -0.39 is 0 Å². The minimum atomic E-state index is 0.309. The molecule has 0 heterocycles. The smallest absolute Gasteiger partial charge is 0.220 e. The molecular weight excluding hydrogens is 677 g/mol. The molecule has 1 N–H and O–H groups in total. The molecule has 4 saturated carbocycles. The lowest BCUT2D eigenvalue weighted by Gasteiger charge is -2.61. The highest BCUT2D eigenvalue weighted by Gasteiger charge is 2.60. The van der Waals surface area contributed by atoms with Crippen molar-refractivity contribution in [3.63, 3.8) is 0 Å². The predicted octanol–water partition coefficient (Wildman–Crippen LogP) is 12.5. The van der Waals surface area contributed by atoms with Crippen LogP contribution in [0.2, 0.25) is 0 Å². The summed E-state index contributed by atoms with van der Waals surface area (Å²) in [7, 11) is 0. The maximum Gasteiger partial charge on any atom is 0.220 e. The van der Waals surface area contributed by atoms with Crippen LogP contribution >= 0.6 is 22.6 Å². The lowest BCUT2D eigenvalue weighted by molar-refractivity contribution is -0.128. The van der Waals surface area contributed by atoms with Crippen LogP contribution in [0.15, 0.2) is 12.2 Å². The Hall–Kier alpha value is -0.390. The number of hydrogen-bond donors (Lipinski definition) is 1. The van der Waals surface area contributed by atoms with Crippen LogP contribution in [-0.4, -0.2) is 15.7 Å². The third-order valence-corrected chi connectivity index (χ3v) is 14.8. The van der Waals surface area contributed by atoms with E-state index in [0.717, 1.165) is 48.9 Å². The van der Waals surface area contributed by atoms with E-state index in [9.17, 15) is 9.59 Å². The van der Waals surface area contributed by atoms with E-state index in [1.807, 2.05) is 22.6 Å². The molecule has 3 nitrogen and oxygen atoms in total. The lowest BCUT2D eigenvalue weighted by Crippen LogP contribution is -2.55. The van der Waals surface area contributed by atoms with Gasteiger partial charge in [-0.15, -0.1) is 0 Å². The Bertz CT molecular complexity index is 963. The summed E-state index contributed by atoms with van der Waals surface area (Å²) in [6, 6.07) is 0.399. The Kier molecular flexibility index (Phi) is 16.0. The zero-order chi connectivity index (χ0) is 33.0. The van der Waals surface area contributed by atoms with Crippen molar-refractivity contribution in [2.75, 3.05) is 0 Å². The number of amides is 1. The van der Waals surface area contributed by atoms with Crippen LogP contribution in [-0.2, 0) is 9.59 Å². The third-order valence-electron chi connectivity index (χ3n) is 14.3. The van der Waals surface area contributed by atoms with E-state index in [4.69, 9.17) is 0 Å². The number of carbonyl (C=O) groups is 2. The second-order valence-electron chi connectivity index (χ2n) is 17.1. The highest BCUT2D eigenvalue weighted by Crippen LogP contribution is 2.68. The molecule has 4 fully saturated rings. The van der Waals surface area contributed by atoms with Gasteiger partial charge < -0.3 is 5.32 Å². The summed E-state index contributed by atoms with van der Waals surface area (Å²) in [6.07, 6.45) is 36.3. The lowest BCUT2D eigenvalue weighted by atomic mass is 9.44. The Labute approximate surface area is 298 Å². The number of unbranched alkanes of at least 4 members (excludes halogenated alkanes) is 11. The molecule has 0 aliphatic heterocycles. The third kappa shape index (κ3) is 10.3. The van der Waals surface area contributed by atoms with Crippen molar-refractivity contribution in [1.82, 2.24) is 5.32 Å². The van der Waals surface area contributed by atoms with Gasteiger partial charge in [0.15, 0.2) is 3.79 Å². The Morgan fingerprint density at radius 2 is 1.39 bits per heavy atom. The van der Waals surface area contributed by atoms with Gasteiger partial charge in [0.2, 0.25) is 5.91 Å². The number of halogens is 1. The Morgan fingerprint density at radius 3 is 2.09 bits per heavy atom. The molecule has 0 aromatic heterocycles. The van der Waals surface area contributed by atoms with E-state index in [1.54, 1.807) is 0 Å². The van der Waals surface area contributed by atoms with Gasteiger partial charge in [0.1, 0.15) is 0 Å². The maximum atomic E-state index is 12.9. The standard InChI is InChI=1S/C42H72INO2/c1-5-6-7-8-9-10-11-12-13-14-15-16-17-18-19-20-40(46)44-34-27-29-41(3)33(31-34)22-23-35-37-25-24-36(32(2)21-26-39(43)45)42(37,4)30-28-38(35)41/h12-13,32-38H,5-11,14-31H2,1-4H3,(H,44,46)/b13-12-/t32-,33?,34?,35?,36?,37?,38?,41?,42?/m1/s1. The molecule has 9 atom stereocenters.